The maximum Gasteiger partial charge on any atom is 0.127 e. The summed E-state index contributed by atoms with van der Waals surface area (Å²) in [6.07, 6.45) is 0.890. The fourth-order valence-electron chi connectivity index (χ4n) is 2.18. The molecule has 1 aromatic heterocycles. The minimum atomic E-state index is -0.275. The lowest BCUT2D eigenvalue weighted by atomic mass is 10.0. The molecule has 19 heavy (non-hydrogen) atoms. The SMILES string of the molecule is Clc1cc2c(c(C(Cl)c3cc(Br)sc3Br)c1)OCC2. The van der Waals surface area contributed by atoms with Gasteiger partial charge in [-0.15, -0.1) is 22.9 Å². The van der Waals surface area contributed by atoms with E-state index in [4.69, 9.17) is 27.9 Å². The second-order valence-electron chi connectivity index (χ2n) is 4.22. The number of thiophene rings is 1. The van der Waals surface area contributed by atoms with Gasteiger partial charge in [0.15, 0.2) is 0 Å². The largest absolute Gasteiger partial charge is 0.493 e. The molecule has 0 saturated carbocycles. The van der Waals surface area contributed by atoms with Crippen LogP contribution in [0.15, 0.2) is 25.8 Å². The number of benzene rings is 1. The molecule has 0 aliphatic carbocycles. The van der Waals surface area contributed by atoms with Gasteiger partial charge in [0.25, 0.3) is 0 Å². The molecule has 6 heteroatoms. The predicted octanol–water partition coefficient (Wildman–Crippen LogP) is 6.19. The Morgan fingerprint density at radius 3 is 2.68 bits per heavy atom. The molecule has 0 radical (unpaired) electrons. The zero-order valence-corrected chi connectivity index (χ0v) is 15.1. The van der Waals surface area contributed by atoms with E-state index in [1.54, 1.807) is 11.3 Å². The Bertz CT molecular complexity index is 642. The minimum absolute atomic E-state index is 0.275. The summed E-state index contributed by atoms with van der Waals surface area (Å²) in [4.78, 5) is 0. The van der Waals surface area contributed by atoms with Crippen LogP contribution in [0.1, 0.15) is 22.1 Å². The Balaban J connectivity index is 2.09. The second kappa shape index (κ2) is 5.57. The van der Waals surface area contributed by atoms with E-state index in [1.807, 2.05) is 18.2 Å². The monoisotopic (exact) mass is 440 g/mol. The molecule has 0 saturated heterocycles. The summed E-state index contributed by atoms with van der Waals surface area (Å²) in [5.74, 6) is 0.888. The summed E-state index contributed by atoms with van der Waals surface area (Å²) in [6, 6.07) is 5.87. The van der Waals surface area contributed by atoms with Crippen LogP contribution in [0.4, 0.5) is 0 Å². The van der Waals surface area contributed by atoms with Crippen molar-refractivity contribution >= 4 is 66.4 Å². The van der Waals surface area contributed by atoms with Crippen molar-refractivity contribution in [2.75, 3.05) is 6.61 Å². The fraction of sp³-hybridized carbons (Fsp3) is 0.231. The zero-order chi connectivity index (χ0) is 13.6. The van der Waals surface area contributed by atoms with Crippen LogP contribution in [0.5, 0.6) is 5.75 Å². The number of halogens is 4. The molecule has 1 atom stereocenters. The normalized spacial score (nSPS) is 15.2. The highest BCUT2D eigenvalue weighted by molar-refractivity contribution is 9.12. The van der Waals surface area contributed by atoms with Gasteiger partial charge in [-0.3, -0.25) is 0 Å². The Morgan fingerprint density at radius 1 is 1.21 bits per heavy atom. The Labute approximate surface area is 142 Å². The van der Waals surface area contributed by atoms with Crippen molar-refractivity contribution < 1.29 is 4.74 Å². The molecule has 2 aromatic rings. The van der Waals surface area contributed by atoms with Crippen molar-refractivity contribution in [1.29, 1.82) is 0 Å². The lowest BCUT2D eigenvalue weighted by Crippen LogP contribution is -1.97. The van der Waals surface area contributed by atoms with Gasteiger partial charge >= 0.3 is 0 Å². The predicted molar refractivity (Wildman–Crippen MR) is 88.1 cm³/mol. The molecular weight excluding hydrogens is 435 g/mol. The highest BCUT2D eigenvalue weighted by Gasteiger charge is 2.25. The Morgan fingerprint density at radius 2 is 2.00 bits per heavy atom. The molecule has 0 spiro atoms. The summed E-state index contributed by atoms with van der Waals surface area (Å²) in [6.45, 7) is 0.695. The van der Waals surface area contributed by atoms with Gasteiger partial charge in [0.05, 0.1) is 19.6 Å². The van der Waals surface area contributed by atoms with Crippen molar-refractivity contribution in [3.8, 4) is 5.75 Å². The summed E-state index contributed by atoms with van der Waals surface area (Å²) in [5.41, 5.74) is 3.10. The zero-order valence-electron chi connectivity index (χ0n) is 9.55. The van der Waals surface area contributed by atoms with E-state index in [0.29, 0.717) is 11.6 Å². The van der Waals surface area contributed by atoms with Crippen LogP contribution < -0.4 is 4.74 Å². The number of ether oxygens (including phenoxy) is 1. The Hall–Kier alpha value is 0.260. The van der Waals surface area contributed by atoms with E-state index in [0.717, 1.165) is 36.4 Å². The van der Waals surface area contributed by atoms with Crippen LogP contribution in [0.3, 0.4) is 0 Å². The van der Waals surface area contributed by atoms with Crippen LogP contribution in [0.2, 0.25) is 5.02 Å². The Kier molecular flexibility index (Phi) is 4.16. The third-order valence-corrected chi connectivity index (χ3v) is 6.08. The van der Waals surface area contributed by atoms with Crippen molar-refractivity contribution in [3.63, 3.8) is 0 Å². The highest BCUT2D eigenvalue weighted by Crippen LogP contribution is 2.46. The summed E-state index contributed by atoms with van der Waals surface area (Å²) < 4.78 is 7.77. The van der Waals surface area contributed by atoms with E-state index in [9.17, 15) is 0 Å². The van der Waals surface area contributed by atoms with Crippen LogP contribution in [-0.4, -0.2) is 6.61 Å². The fourth-order valence-corrected chi connectivity index (χ4v) is 5.86. The van der Waals surface area contributed by atoms with Gasteiger partial charge < -0.3 is 4.74 Å². The first-order valence-electron chi connectivity index (χ1n) is 5.60. The summed E-state index contributed by atoms with van der Waals surface area (Å²) in [5, 5.41) is 0.429. The molecular formula is C13H8Br2Cl2OS. The van der Waals surface area contributed by atoms with Crippen molar-refractivity contribution in [2.24, 2.45) is 0 Å². The molecule has 0 bridgehead atoms. The first-order chi connectivity index (χ1) is 9.06. The van der Waals surface area contributed by atoms with E-state index < -0.39 is 0 Å². The minimum Gasteiger partial charge on any atom is -0.493 e. The number of hydrogen-bond acceptors (Lipinski definition) is 2. The maximum atomic E-state index is 6.62. The van der Waals surface area contributed by atoms with Crippen LogP contribution in [0, 0.1) is 0 Å². The first kappa shape index (κ1) is 14.2. The van der Waals surface area contributed by atoms with Gasteiger partial charge in [-0.25, -0.2) is 0 Å². The number of hydrogen-bond donors (Lipinski definition) is 0. The second-order valence-corrected chi connectivity index (χ2v) is 8.85. The topological polar surface area (TPSA) is 9.23 Å². The molecule has 0 fully saturated rings. The first-order valence-corrected chi connectivity index (χ1v) is 8.82. The van der Waals surface area contributed by atoms with Crippen LogP contribution in [-0.2, 0) is 6.42 Å². The highest BCUT2D eigenvalue weighted by atomic mass is 79.9. The van der Waals surface area contributed by atoms with E-state index in [-0.39, 0.29) is 5.38 Å². The van der Waals surface area contributed by atoms with Crippen LogP contribution in [0.25, 0.3) is 0 Å². The van der Waals surface area contributed by atoms with Gasteiger partial charge in [-0.1, -0.05) is 11.6 Å². The van der Waals surface area contributed by atoms with E-state index in [1.165, 1.54) is 0 Å². The van der Waals surface area contributed by atoms with E-state index in [2.05, 4.69) is 31.9 Å². The van der Waals surface area contributed by atoms with Gasteiger partial charge in [0, 0.05) is 22.6 Å². The van der Waals surface area contributed by atoms with E-state index >= 15 is 0 Å². The molecule has 1 aliphatic heterocycles. The lowest BCUT2D eigenvalue weighted by molar-refractivity contribution is 0.353. The summed E-state index contributed by atoms with van der Waals surface area (Å²) >= 11 is 21.4. The lowest BCUT2D eigenvalue weighted by Gasteiger charge is -2.14. The molecule has 1 aromatic carbocycles. The average molecular weight is 443 g/mol. The summed E-state index contributed by atoms with van der Waals surface area (Å²) in [7, 11) is 0. The third kappa shape index (κ3) is 2.70. The quantitative estimate of drug-likeness (QED) is 0.504. The molecule has 3 rings (SSSR count). The molecule has 1 unspecified atom stereocenters. The molecule has 0 amide bonds. The molecule has 1 aliphatic rings. The third-order valence-electron chi connectivity index (χ3n) is 3.01. The smallest absolute Gasteiger partial charge is 0.127 e. The maximum absolute atomic E-state index is 6.62. The van der Waals surface area contributed by atoms with Crippen LogP contribution >= 0.6 is 66.4 Å². The number of fused-ring (bicyclic) bond motifs is 1. The molecule has 2 heterocycles. The van der Waals surface area contributed by atoms with Crippen molar-refractivity contribution in [1.82, 2.24) is 0 Å². The molecule has 100 valence electrons. The average Bonchev–Trinajstić information content (AvgIpc) is 2.93. The number of alkyl halides is 1. The van der Waals surface area contributed by atoms with Crippen molar-refractivity contribution in [2.45, 2.75) is 11.8 Å². The molecule has 0 N–H and O–H groups in total. The van der Waals surface area contributed by atoms with Gasteiger partial charge in [-0.05, 0) is 55.6 Å². The molecule has 1 nitrogen and oxygen atoms in total. The number of rotatable bonds is 2. The van der Waals surface area contributed by atoms with Gasteiger partial charge in [0.1, 0.15) is 5.75 Å². The van der Waals surface area contributed by atoms with Gasteiger partial charge in [-0.2, -0.15) is 0 Å². The van der Waals surface area contributed by atoms with Gasteiger partial charge in [0.2, 0.25) is 0 Å². The standard InChI is InChI=1S/C13H8Br2Cl2OS/c14-10-5-9(13(15)19-10)11(17)8-4-7(16)3-6-1-2-18-12(6)8/h3-5,11H,1-2H2. The van der Waals surface area contributed by atoms with Crippen molar-refractivity contribution in [3.05, 3.63) is 47.5 Å².